The van der Waals surface area contributed by atoms with Gasteiger partial charge in [-0.05, 0) is 0 Å². The fourth-order valence-electron chi connectivity index (χ4n) is 2.29. The van der Waals surface area contributed by atoms with Gasteiger partial charge in [-0.2, -0.15) is 0 Å². The molecular formula is C14H31GaOSi. The Labute approximate surface area is 117 Å². The van der Waals surface area contributed by atoms with Gasteiger partial charge >= 0.3 is 90.4 Å². The van der Waals surface area contributed by atoms with Crippen molar-refractivity contribution in [1.82, 2.24) is 0 Å². The third-order valence-corrected chi connectivity index (χ3v) is 12.9. The van der Waals surface area contributed by atoms with Crippen molar-refractivity contribution in [2.75, 3.05) is 7.11 Å². The van der Waals surface area contributed by atoms with E-state index in [-0.39, 0.29) is 9.20 Å². The quantitative estimate of drug-likeness (QED) is 0.665. The maximum atomic E-state index is 4.83. The summed E-state index contributed by atoms with van der Waals surface area (Å²) in [5.41, 5.74) is 0. The first-order chi connectivity index (χ1) is 7.83. The zero-order chi connectivity index (χ0) is 13.8. The summed E-state index contributed by atoms with van der Waals surface area (Å²) < 4.78 is 4.35. The molecule has 0 atom stereocenters. The van der Waals surface area contributed by atoms with Gasteiger partial charge < -0.3 is 4.43 Å². The van der Waals surface area contributed by atoms with E-state index in [0.29, 0.717) is 0 Å². The van der Waals surface area contributed by atoms with Crippen LogP contribution in [0.4, 0.5) is 0 Å². The molecule has 0 aromatic heterocycles. The van der Waals surface area contributed by atoms with Crippen LogP contribution in [0.5, 0.6) is 0 Å². The van der Waals surface area contributed by atoms with Crippen LogP contribution in [0.2, 0.25) is 14.9 Å². The van der Waals surface area contributed by atoms with Gasteiger partial charge in [-0.1, -0.05) is 0 Å². The fourth-order valence-corrected chi connectivity index (χ4v) is 11.9. The Morgan fingerprint density at radius 2 is 1.12 bits per heavy atom. The van der Waals surface area contributed by atoms with Gasteiger partial charge in [0.25, 0.3) is 0 Å². The molecule has 0 saturated heterocycles. The second kappa shape index (κ2) is 12.9. The van der Waals surface area contributed by atoms with Gasteiger partial charge in [-0.15, -0.1) is 6.00 Å². The Balaban J connectivity index is 0. The van der Waals surface area contributed by atoms with E-state index in [4.69, 9.17) is 6.00 Å². The maximum absolute atomic E-state index is 4.83. The molecule has 0 unspecified atom stereocenters. The van der Waals surface area contributed by atoms with Crippen molar-refractivity contribution in [3.63, 3.8) is 0 Å². The van der Waals surface area contributed by atoms with Crippen LogP contribution >= 0.6 is 0 Å². The molecule has 0 aromatic rings. The van der Waals surface area contributed by atoms with Crippen molar-refractivity contribution in [3.8, 4) is 6.00 Å². The van der Waals surface area contributed by atoms with E-state index >= 15 is 0 Å². The minimum atomic E-state index is -0.885. The van der Waals surface area contributed by atoms with Crippen LogP contribution in [0.15, 0.2) is 0 Å². The molecule has 0 N–H and O–H groups in total. The monoisotopic (exact) mass is 312 g/mol. The zero-order valence-electron chi connectivity index (χ0n) is 12.9. The van der Waals surface area contributed by atoms with E-state index in [1.54, 1.807) is 22.0 Å². The summed E-state index contributed by atoms with van der Waals surface area (Å²) in [6, 6.07) is 4.83. The Hall–Kier alpha value is 0.433. The molecule has 3 heteroatoms. The number of hydrogen-bond donors (Lipinski definition) is 0. The molecule has 0 bridgehead atoms. The standard InChI is InChI=1S/3C4H9.C2H4OSi.Ga/c3*1-4(2)3;1-3-4-2;/h3*4H,1H2,2-3H3;2H,1H3;. The molecule has 0 amide bonds. The van der Waals surface area contributed by atoms with Gasteiger partial charge in [0.05, 0.1) is 7.11 Å². The average Bonchev–Trinajstić information content (AvgIpc) is 2.14. The molecular weight excluding hydrogens is 282 g/mol. The molecule has 0 aliphatic carbocycles. The summed E-state index contributed by atoms with van der Waals surface area (Å²) in [4.78, 5) is 4.80. The molecule has 1 nitrogen and oxygen atoms in total. The van der Waals surface area contributed by atoms with E-state index in [9.17, 15) is 0 Å². The summed E-state index contributed by atoms with van der Waals surface area (Å²) in [6.07, 6.45) is 0. The topological polar surface area (TPSA) is 9.23 Å². The first kappa shape index (κ1) is 19.8. The van der Waals surface area contributed by atoms with Gasteiger partial charge in [0, 0.05) is 0 Å². The Bertz CT molecular complexity index is 173. The van der Waals surface area contributed by atoms with Crippen molar-refractivity contribution < 1.29 is 4.43 Å². The predicted molar refractivity (Wildman–Crippen MR) is 82.4 cm³/mol. The summed E-state index contributed by atoms with van der Waals surface area (Å²) >= 11 is -0.885. The summed E-state index contributed by atoms with van der Waals surface area (Å²) in [7, 11) is 1.71. The van der Waals surface area contributed by atoms with Crippen LogP contribution in [0.3, 0.4) is 0 Å². The molecule has 0 aliphatic heterocycles. The average molecular weight is 313 g/mol. The van der Waals surface area contributed by atoms with Crippen LogP contribution in [0.1, 0.15) is 41.5 Å². The molecule has 0 aliphatic rings. The molecule has 0 radical (unpaired) electrons. The van der Waals surface area contributed by atoms with Crippen LogP contribution in [-0.2, 0) is 4.43 Å². The van der Waals surface area contributed by atoms with Crippen molar-refractivity contribution in [2.45, 2.75) is 56.5 Å². The first-order valence-corrected chi connectivity index (χ1v) is 12.9. The van der Waals surface area contributed by atoms with Gasteiger partial charge in [-0.25, -0.2) is 0 Å². The molecule has 17 heavy (non-hydrogen) atoms. The van der Waals surface area contributed by atoms with Crippen molar-refractivity contribution in [3.05, 3.63) is 0 Å². The molecule has 0 aromatic carbocycles. The van der Waals surface area contributed by atoms with Gasteiger partial charge in [-0.3, -0.25) is 0 Å². The molecule has 0 fully saturated rings. The van der Waals surface area contributed by atoms with Gasteiger partial charge in [0.1, 0.15) is 0 Å². The van der Waals surface area contributed by atoms with Gasteiger partial charge in [0.2, 0.25) is 9.20 Å². The van der Waals surface area contributed by atoms with Gasteiger partial charge in [0.15, 0.2) is 0 Å². The molecule has 0 saturated carbocycles. The normalized spacial score (nSPS) is 9.94. The van der Waals surface area contributed by atoms with E-state index in [1.165, 1.54) is 0 Å². The Morgan fingerprint density at radius 3 is 1.24 bits per heavy atom. The Morgan fingerprint density at radius 1 is 0.882 bits per heavy atom. The molecule has 0 heterocycles. The zero-order valence-corrected chi connectivity index (χ0v) is 16.3. The summed E-state index contributed by atoms with van der Waals surface area (Å²) in [5.74, 6) is 2.84. The van der Waals surface area contributed by atoms with Crippen LogP contribution < -0.4 is 0 Å². The van der Waals surface area contributed by atoms with Crippen molar-refractivity contribution >= 4 is 25.4 Å². The number of rotatable bonds is 6. The first-order valence-electron chi connectivity index (χ1n) is 6.81. The molecule has 0 spiro atoms. The minimum absolute atomic E-state index is 0.140. The molecule has 100 valence electrons. The summed E-state index contributed by atoms with van der Waals surface area (Å²) in [5, 5.41) is 0. The van der Waals surface area contributed by atoms with Crippen LogP contribution in [0, 0.1) is 23.8 Å². The second-order valence-corrected chi connectivity index (χ2v) is 13.3. The van der Waals surface area contributed by atoms with Crippen LogP contribution in [0.25, 0.3) is 0 Å². The van der Waals surface area contributed by atoms with Crippen molar-refractivity contribution in [2.24, 2.45) is 17.8 Å². The predicted octanol–water partition coefficient (Wildman–Crippen LogP) is 4.29. The summed E-state index contributed by atoms with van der Waals surface area (Å²) in [6.45, 7) is 14.3. The number of hydrogen-bond acceptors (Lipinski definition) is 1. The fraction of sp³-hybridized carbons (Fsp3) is 0.929. The van der Waals surface area contributed by atoms with E-state index in [0.717, 1.165) is 17.8 Å². The third-order valence-electron chi connectivity index (χ3n) is 2.53. The second-order valence-electron chi connectivity index (χ2n) is 6.08. The van der Waals surface area contributed by atoms with E-state index in [1.807, 2.05) is 0 Å². The third kappa shape index (κ3) is 19.0. The SMILES string of the molecule is C#[Si]OC.CC(C)[CH2][Ga]([CH2]C(C)C)[CH2]C(C)C. The Kier molecular flexibility index (Phi) is 15.0. The van der Waals surface area contributed by atoms with E-state index < -0.39 is 16.2 Å². The molecule has 0 rings (SSSR count). The van der Waals surface area contributed by atoms with Crippen molar-refractivity contribution in [1.29, 1.82) is 0 Å². The van der Waals surface area contributed by atoms with E-state index in [2.05, 4.69) is 46.0 Å². The van der Waals surface area contributed by atoms with Crippen LogP contribution in [-0.4, -0.2) is 32.5 Å².